The van der Waals surface area contributed by atoms with Crippen LogP contribution in [0.3, 0.4) is 0 Å². The van der Waals surface area contributed by atoms with Gasteiger partial charge in [0.1, 0.15) is 11.6 Å². The molecule has 0 bridgehead atoms. The minimum atomic E-state index is -1.10. The second-order valence-corrected chi connectivity index (χ2v) is 6.68. The Morgan fingerprint density at radius 2 is 2.00 bits per heavy atom. The summed E-state index contributed by atoms with van der Waals surface area (Å²) in [6.07, 6.45) is -0.536. The zero-order valence-electron chi connectivity index (χ0n) is 12.6. The SMILES string of the molecule is Cc1cc(C[C@@H](NC(=O)OC(C)(C)C)C(=O)O)ccc1Br. The molecule has 6 heteroatoms. The van der Waals surface area contributed by atoms with Crippen molar-refractivity contribution in [2.45, 2.75) is 45.8 Å². The molecular weight excluding hydrogens is 338 g/mol. The lowest BCUT2D eigenvalue weighted by Crippen LogP contribution is -2.44. The van der Waals surface area contributed by atoms with Gasteiger partial charge in [-0.3, -0.25) is 0 Å². The van der Waals surface area contributed by atoms with Gasteiger partial charge >= 0.3 is 12.1 Å². The Morgan fingerprint density at radius 3 is 2.48 bits per heavy atom. The molecule has 116 valence electrons. The van der Waals surface area contributed by atoms with E-state index in [9.17, 15) is 14.7 Å². The van der Waals surface area contributed by atoms with Crippen molar-refractivity contribution in [3.63, 3.8) is 0 Å². The molecule has 0 aliphatic heterocycles. The third kappa shape index (κ3) is 6.16. The molecular formula is C15H20BrNO4. The first kappa shape index (κ1) is 17.5. The molecule has 0 heterocycles. The van der Waals surface area contributed by atoms with Gasteiger partial charge in [-0.2, -0.15) is 0 Å². The largest absolute Gasteiger partial charge is 0.480 e. The molecule has 1 aromatic carbocycles. The van der Waals surface area contributed by atoms with Crippen LogP contribution < -0.4 is 5.32 Å². The van der Waals surface area contributed by atoms with Crippen molar-refractivity contribution in [3.05, 3.63) is 33.8 Å². The summed E-state index contributed by atoms with van der Waals surface area (Å²) in [6.45, 7) is 7.09. The number of carboxylic acids is 1. The number of aliphatic carboxylic acids is 1. The lowest BCUT2D eigenvalue weighted by atomic mass is 10.0. The quantitative estimate of drug-likeness (QED) is 0.866. The van der Waals surface area contributed by atoms with Crippen LogP contribution in [0, 0.1) is 6.92 Å². The van der Waals surface area contributed by atoms with E-state index < -0.39 is 23.7 Å². The average molecular weight is 358 g/mol. The normalized spacial score (nSPS) is 12.6. The summed E-state index contributed by atoms with van der Waals surface area (Å²) in [6, 6.07) is 4.54. The van der Waals surface area contributed by atoms with Gasteiger partial charge in [-0.15, -0.1) is 0 Å². The number of nitrogens with one attached hydrogen (secondary N) is 1. The third-order valence-corrected chi connectivity index (χ3v) is 3.54. The molecule has 1 atom stereocenters. The standard InChI is InChI=1S/C15H20BrNO4/c1-9-7-10(5-6-11(9)16)8-12(13(18)19)17-14(20)21-15(2,3)4/h5-7,12H,8H2,1-4H3,(H,17,20)(H,18,19)/t12-/m1/s1. The maximum absolute atomic E-state index is 11.7. The molecule has 2 N–H and O–H groups in total. The number of carbonyl (C=O) groups excluding carboxylic acids is 1. The summed E-state index contributed by atoms with van der Waals surface area (Å²) < 4.78 is 6.03. The number of rotatable bonds is 4. The summed E-state index contributed by atoms with van der Waals surface area (Å²) in [4.78, 5) is 23.0. The van der Waals surface area contributed by atoms with Gasteiger partial charge in [0.05, 0.1) is 0 Å². The first-order valence-corrected chi connectivity index (χ1v) is 7.35. The minimum absolute atomic E-state index is 0.197. The Hall–Kier alpha value is -1.56. The van der Waals surface area contributed by atoms with Gasteiger partial charge in [0.25, 0.3) is 0 Å². The van der Waals surface area contributed by atoms with Crippen LogP contribution in [0.5, 0.6) is 0 Å². The smallest absolute Gasteiger partial charge is 0.408 e. The second-order valence-electron chi connectivity index (χ2n) is 5.82. The van der Waals surface area contributed by atoms with E-state index in [0.717, 1.165) is 15.6 Å². The van der Waals surface area contributed by atoms with E-state index >= 15 is 0 Å². The zero-order chi connectivity index (χ0) is 16.2. The van der Waals surface area contributed by atoms with Crippen LogP contribution >= 0.6 is 15.9 Å². The number of halogens is 1. The van der Waals surface area contributed by atoms with E-state index in [4.69, 9.17) is 4.74 Å². The van der Waals surface area contributed by atoms with Gasteiger partial charge in [-0.25, -0.2) is 9.59 Å². The Morgan fingerprint density at radius 1 is 1.38 bits per heavy atom. The molecule has 0 radical (unpaired) electrons. The van der Waals surface area contributed by atoms with Gasteiger partial charge in [0.2, 0.25) is 0 Å². The molecule has 0 aliphatic carbocycles. The Kier molecular flexibility index (Phi) is 5.78. The molecule has 1 aromatic rings. The second kappa shape index (κ2) is 6.93. The summed E-state index contributed by atoms with van der Waals surface area (Å²) in [5.41, 5.74) is 1.18. The zero-order valence-corrected chi connectivity index (χ0v) is 14.2. The number of hydrogen-bond acceptors (Lipinski definition) is 3. The number of benzene rings is 1. The van der Waals surface area contributed by atoms with Gasteiger partial charge in [0, 0.05) is 10.9 Å². The molecule has 0 saturated carbocycles. The van der Waals surface area contributed by atoms with Crippen LogP contribution in [0.15, 0.2) is 22.7 Å². The van der Waals surface area contributed by atoms with Gasteiger partial charge in [-0.1, -0.05) is 28.1 Å². The number of carboxylic acid groups (broad SMARTS) is 1. The maximum Gasteiger partial charge on any atom is 0.408 e. The number of aryl methyl sites for hydroxylation is 1. The van der Waals surface area contributed by atoms with Crippen molar-refractivity contribution in [1.29, 1.82) is 0 Å². The number of ether oxygens (including phenoxy) is 1. The fourth-order valence-corrected chi connectivity index (χ4v) is 1.97. The molecule has 0 aliphatic rings. The Labute approximate surface area is 132 Å². The first-order chi connectivity index (χ1) is 9.58. The van der Waals surface area contributed by atoms with Gasteiger partial charge < -0.3 is 15.2 Å². The highest BCUT2D eigenvalue weighted by molar-refractivity contribution is 9.10. The lowest BCUT2D eigenvalue weighted by Gasteiger charge is -2.22. The fraction of sp³-hybridized carbons (Fsp3) is 0.467. The van der Waals surface area contributed by atoms with Crippen LogP contribution in [-0.2, 0) is 16.0 Å². The number of hydrogen-bond donors (Lipinski definition) is 2. The molecule has 0 spiro atoms. The van der Waals surface area contributed by atoms with Crippen LogP contribution in [0.2, 0.25) is 0 Å². The fourth-order valence-electron chi connectivity index (χ4n) is 1.72. The van der Waals surface area contributed by atoms with Gasteiger partial charge in [-0.05, 0) is 44.9 Å². The number of carbonyl (C=O) groups is 2. The summed E-state index contributed by atoms with van der Waals surface area (Å²) >= 11 is 3.39. The number of alkyl carbamates (subject to hydrolysis) is 1. The van der Waals surface area contributed by atoms with Crippen molar-refractivity contribution in [3.8, 4) is 0 Å². The monoisotopic (exact) mass is 357 g/mol. The average Bonchev–Trinajstić information content (AvgIpc) is 2.30. The number of amides is 1. The topological polar surface area (TPSA) is 75.6 Å². The van der Waals surface area contributed by atoms with Crippen LogP contribution in [0.4, 0.5) is 4.79 Å². The predicted octanol–water partition coefficient (Wildman–Crippen LogP) is 3.28. The van der Waals surface area contributed by atoms with Gasteiger partial charge in [0.15, 0.2) is 0 Å². The molecule has 0 saturated heterocycles. The summed E-state index contributed by atoms with van der Waals surface area (Å²) in [7, 11) is 0. The molecule has 0 fully saturated rings. The maximum atomic E-state index is 11.7. The summed E-state index contributed by atoms with van der Waals surface area (Å²) in [5, 5.41) is 11.6. The van der Waals surface area contributed by atoms with E-state index in [-0.39, 0.29) is 6.42 Å². The van der Waals surface area contributed by atoms with Crippen LogP contribution in [0.1, 0.15) is 31.9 Å². The molecule has 5 nitrogen and oxygen atoms in total. The highest BCUT2D eigenvalue weighted by Crippen LogP contribution is 2.18. The van der Waals surface area contributed by atoms with Crippen molar-refractivity contribution in [2.75, 3.05) is 0 Å². The van der Waals surface area contributed by atoms with Crippen LogP contribution in [-0.4, -0.2) is 28.8 Å². The lowest BCUT2D eigenvalue weighted by molar-refractivity contribution is -0.139. The molecule has 21 heavy (non-hydrogen) atoms. The summed E-state index contributed by atoms with van der Waals surface area (Å²) in [5.74, 6) is -1.10. The van der Waals surface area contributed by atoms with Crippen molar-refractivity contribution in [2.24, 2.45) is 0 Å². The first-order valence-electron chi connectivity index (χ1n) is 6.56. The minimum Gasteiger partial charge on any atom is -0.480 e. The van der Waals surface area contributed by atoms with Crippen molar-refractivity contribution in [1.82, 2.24) is 5.32 Å². The third-order valence-electron chi connectivity index (χ3n) is 2.65. The molecule has 0 aromatic heterocycles. The Balaban J connectivity index is 2.76. The molecule has 0 unspecified atom stereocenters. The van der Waals surface area contributed by atoms with E-state index in [1.54, 1.807) is 20.8 Å². The highest BCUT2D eigenvalue weighted by atomic mass is 79.9. The predicted molar refractivity (Wildman–Crippen MR) is 83.4 cm³/mol. The van der Waals surface area contributed by atoms with E-state index in [1.165, 1.54) is 0 Å². The van der Waals surface area contributed by atoms with Crippen LogP contribution in [0.25, 0.3) is 0 Å². The van der Waals surface area contributed by atoms with E-state index in [2.05, 4.69) is 21.2 Å². The Bertz CT molecular complexity index is 537. The van der Waals surface area contributed by atoms with Crippen molar-refractivity contribution < 1.29 is 19.4 Å². The molecule has 1 amide bonds. The van der Waals surface area contributed by atoms with Crippen molar-refractivity contribution >= 4 is 28.0 Å². The van der Waals surface area contributed by atoms with E-state index in [0.29, 0.717) is 0 Å². The molecule has 1 rings (SSSR count). The highest BCUT2D eigenvalue weighted by Gasteiger charge is 2.24. The van der Waals surface area contributed by atoms with E-state index in [1.807, 2.05) is 25.1 Å².